The Kier molecular flexibility index (Phi) is 4.20. The number of hydrogen-bond donors (Lipinski definition) is 2. The Bertz CT molecular complexity index is 567. The lowest BCUT2D eigenvalue weighted by Crippen LogP contribution is -2.31. The van der Waals surface area contributed by atoms with Gasteiger partial charge in [-0.2, -0.15) is 24.7 Å². The van der Waals surface area contributed by atoms with Crippen molar-refractivity contribution in [2.45, 2.75) is 25.8 Å². The SMILES string of the molecule is CCNc1nc(NC2CCCOC2)nc(-n2cncn2)n1. The van der Waals surface area contributed by atoms with Gasteiger partial charge in [-0.3, -0.25) is 0 Å². The second-order valence-electron chi connectivity index (χ2n) is 4.71. The van der Waals surface area contributed by atoms with Crippen LogP contribution in [0.5, 0.6) is 0 Å². The van der Waals surface area contributed by atoms with E-state index in [-0.39, 0.29) is 6.04 Å². The fraction of sp³-hybridized carbons (Fsp3) is 0.583. The minimum absolute atomic E-state index is 0.222. The molecule has 1 aliphatic heterocycles. The Morgan fingerprint density at radius 3 is 2.95 bits per heavy atom. The quantitative estimate of drug-likeness (QED) is 0.819. The van der Waals surface area contributed by atoms with E-state index < -0.39 is 0 Å². The Hall–Kier alpha value is -2.29. The molecule has 1 saturated heterocycles. The normalized spacial score (nSPS) is 18.4. The zero-order valence-electron chi connectivity index (χ0n) is 11.9. The first-order chi connectivity index (χ1) is 10.3. The molecule has 1 atom stereocenters. The van der Waals surface area contributed by atoms with Crippen LogP contribution in [-0.4, -0.2) is 55.5 Å². The van der Waals surface area contributed by atoms with Crippen molar-refractivity contribution in [3.8, 4) is 5.95 Å². The van der Waals surface area contributed by atoms with Gasteiger partial charge in [0.05, 0.1) is 12.6 Å². The highest BCUT2D eigenvalue weighted by atomic mass is 16.5. The molecule has 9 nitrogen and oxygen atoms in total. The van der Waals surface area contributed by atoms with E-state index in [1.807, 2.05) is 6.92 Å². The molecule has 0 spiro atoms. The molecule has 21 heavy (non-hydrogen) atoms. The summed E-state index contributed by atoms with van der Waals surface area (Å²) < 4.78 is 6.96. The number of ether oxygens (including phenoxy) is 1. The largest absolute Gasteiger partial charge is 0.379 e. The predicted octanol–water partition coefficient (Wildman–Crippen LogP) is 0.475. The molecule has 3 rings (SSSR count). The van der Waals surface area contributed by atoms with Crippen LogP contribution in [0.15, 0.2) is 12.7 Å². The van der Waals surface area contributed by atoms with Gasteiger partial charge in [0, 0.05) is 13.2 Å². The Morgan fingerprint density at radius 1 is 1.33 bits per heavy atom. The molecule has 3 heterocycles. The fourth-order valence-electron chi connectivity index (χ4n) is 2.12. The highest BCUT2D eigenvalue weighted by molar-refractivity contribution is 5.38. The molecule has 2 N–H and O–H groups in total. The van der Waals surface area contributed by atoms with Crippen molar-refractivity contribution in [1.29, 1.82) is 0 Å². The smallest absolute Gasteiger partial charge is 0.258 e. The van der Waals surface area contributed by atoms with Crippen LogP contribution in [0.25, 0.3) is 5.95 Å². The van der Waals surface area contributed by atoms with Crippen molar-refractivity contribution in [1.82, 2.24) is 29.7 Å². The number of aromatic nitrogens is 6. The Labute approximate surface area is 122 Å². The average Bonchev–Trinajstić information content (AvgIpc) is 3.03. The Balaban J connectivity index is 1.84. The molecule has 2 aromatic heterocycles. The summed E-state index contributed by atoms with van der Waals surface area (Å²) in [5.74, 6) is 1.46. The lowest BCUT2D eigenvalue weighted by molar-refractivity contribution is 0.0874. The van der Waals surface area contributed by atoms with E-state index in [1.165, 1.54) is 11.0 Å². The second kappa shape index (κ2) is 6.44. The van der Waals surface area contributed by atoms with Gasteiger partial charge < -0.3 is 15.4 Å². The van der Waals surface area contributed by atoms with E-state index in [4.69, 9.17) is 4.74 Å². The molecular weight excluding hydrogens is 272 g/mol. The molecule has 1 aliphatic rings. The van der Waals surface area contributed by atoms with Crippen LogP contribution in [-0.2, 0) is 4.74 Å². The summed E-state index contributed by atoms with van der Waals surface area (Å²) in [6.45, 7) is 4.21. The van der Waals surface area contributed by atoms with Crippen LogP contribution >= 0.6 is 0 Å². The topological polar surface area (TPSA) is 103 Å². The first-order valence-electron chi connectivity index (χ1n) is 7.04. The third-order valence-electron chi connectivity index (χ3n) is 3.08. The molecule has 0 radical (unpaired) electrons. The number of hydrogen-bond acceptors (Lipinski definition) is 8. The standard InChI is InChI=1S/C12H18N8O/c1-2-14-10-17-11(16-9-4-3-5-21-6-9)19-12(18-10)20-8-13-7-15-20/h7-9H,2-6H2,1H3,(H2,14,16,17,18,19). The molecule has 0 aromatic carbocycles. The van der Waals surface area contributed by atoms with E-state index in [9.17, 15) is 0 Å². The first kappa shape index (κ1) is 13.7. The number of nitrogens with one attached hydrogen (secondary N) is 2. The zero-order valence-corrected chi connectivity index (χ0v) is 11.9. The molecule has 0 aliphatic carbocycles. The van der Waals surface area contributed by atoms with Crippen molar-refractivity contribution in [2.24, 2.45) is 0 Å². The molecule has 0 saturated carbocycles. The van der Waals surface area contributed by atoms with Crippen molar-refractivity contribution in [3.63, 3.8) is 0 Å². The second-order valence-corrected chi connectivity index (χ2v) is 4.71. The fourth-order valence-corrected chi connectivity index (χ4v) is 2.12. The van der Waals surface area contributed by atoms with Crippen LogP contribution in [0, 0.1) is 0 Å². The van der Waals surface area contributed by atoms with Gasteiger partial charge in [0.2, 0.25) is 11.9 Å². The molecule has 0 amide bonds. The minimum atomic E-state index is 0.222. The van der Waals surface area contributed by atoms with Crippen molar-refractivity contribution >= 4 is 11.9 Å². The van der Waals surface area contributed by atoms with Gasteiger partial charge in [0.25, 0.3) is 5.95 Å². The van der Waals surface area contributed by atoms with E-state index in [0.29, 0.717) is 24.5 Å². The maximum atomic E-state index is 5.46. The number of anilines is 2. The van der Waals surface area contributed by atoms with Gasteiger partial charge in [-0.05, 0) is 19.8 Å². The predicted molar refractivity (Wildman–Crippen MR) is 76.4 cm³/mol. The van der Waals surface area contributed by atoms with Crippen molar-refractivity contribution in [2.75, 3.05) is 30.4 Å². The van der Waals surface area contributed by atoms with Gasteiger partial charge in [0.1, 0.15) is 12.7 Å². The summed E-state index contributed by atoms with van der Waals surface area (Å²) in [5, 5.41) is 10.4. The molecular formula is C12H18N8O. The molecule has 1 unspecified atom stereocenters. The summed E-state index contributed by atoms with van der Waals surface area (Å²) in [4.78, 5) is 17.0. The van der Waals surface area contributed by atoms with Crippen LogP contribution in [0.4, 0.5) is 11.9 Å². The van der Waals surface area contributed by atoms with Gasteiger partial charge in [-0.25, -0.2) is 4.98 Å². The Morgan fingerprint density at radius 2 is 2.24 bits per heavy atom. The molecule has 112 valence electrons. The number of nitrogens with zero attached hydrogens (tertiary/aromatic N) is 6. The van der Waals surface area contributed by atoms with Gasteiger partial charge in [-0.15, -0.1) is 0 Å². The summed E-state index contributed by atoms with van der Waals surface area (Å²) in [5.41, 5.74) is 0. The lowest BCUT2D eigenvalue weighted by Gasteiger charge is -2.23. The van der Waals surface area contributed by atoms with Crippen LogP contribution < -0.4 is 10.6 Å². The highest BCUT2D eigenvalue weighted by Crippen LogP contribution is 2.13. The van der Waals surface area contributed by atoms with E-state index in [1.54, 1.807) is 6.33 Å². The van der Waals surface area contributed by atoms with E-state index in [2.05, 4.69) is 35.7 Å². The van der Waals surface area contributed by atoms with Crippen LogP contribution in [0.1, 0.15) is 19.8 Å². The molecule has 0 bridgehead atoms. The highest BCUT2D eigenvalue weighted by Gasteiger charge is 2.16. The third kappa shape index (κ3) is 3.43. The van der Waals surface area contributed by atoms with Crippen LogP contribution in [0.2, 0.25) is 0 Å². The average molecular weight is 290 g/mol. The maximum absolute atomic E-state index is 5.46. The van der Waals surface area contributed by atoms with Gasteiger partial charge in [-0.1, -0.05) is 0 Å². The first-order valence-corrected chi connectivity index (χ1v) is 7.04. The lowest BCUT2D eigenvalue weighted by atomic mass is 10.1. The van der Waals surface area contributed by atoms with Crippen molar-refractivity contribution < 1.29 is 4.74 Å². The summed E-state index contributed by atoms with van der Waals surface area (Å²) in [7, 11) is 0. The summed E-state index contributed by atoms with van der Waals surface area (Å²) in [6, 6.07) is 0.222. The molecule has 9 heteroatoms. The summed E-state index contributed by atoms with van der Waals surface area (Å²) in [6.07, 6.45) is 5.08. The molecule has 1 fully saturated rings. The van der Waals surface area contributed by atoms with Gasteiger partial charge in [0.15, 0.2) is 0 Å². The number of rotatable bonds is 5. The van der Waals surface area contributed by atoms with E-state index in [0.717, 1.165) is 26.0 Å². The van der Waals surface area contributed by atoms with Crippen LogP contribution in [0.3, 0.4) is 0 Å². The molecule has 2 aromatic rings. The monoisotopic (exact) mass is 290 g/mol. The van der Waals surface area contributed by atoms with Gasteiger partial charge >= 0.3 is 0 Å². The third-order valence-corrected chi connectivity index (χ3v) is 3.08. The maximum Gasteiger partial charge on any atom is 0.258 e. The summed E-state index contributed by atoms with van der Waals surface area (Å²) >= 11 is 0. The van der Waals surface area contributed by atoms with Crippen molar-refractivity contribution in [3.05, 3.63) is 12.7 Å². The van der Waals surface area contributed by atoms with E-state index >= 15 is 0 Å². The minimum Gasteiger partial charge on any atom is -0.379 e. The zero-order chi connectivity index (χ0) is 14.5.